The van der Waals surface area contributed by atoms with Crippen molar-refractivity contribution in [3.63, 3.8) is 0 Å². The first-order valence-electron chi connectivity index (χ1n) is 6.12. The van der Waals surface area contributed by atoms with Gasteiger partial charge in [0.25, 0.3) is 0 Å². The molecular formula is C15H15N3S. The smallest absolute Gasteiger partial charge is 0.154 e. The molecule has 0 radical (unpaired) electrons. The summed E-state index contributed by atoms with van der Waals surface area (Å²) in [6.45, 7) is 4.23. The van der Waals surface area contributed by atoms with E-state index < -0.39 is 0 Å². The van der Waals surface area contributed by atoms with Gasteiger partial charge in [0.1, 0.15) is 0 Å². The molecule has 0 bridgehead atoms. The number of hydrogen-bond donors (Lipinski definition) is 2. The van der Waals surface area contributed by atoms with E-state index in [-0.39, 0.29) is 0 Å². The molecule has 4 heteroatoms. The predicted octanol–water partition coefficient (Wildman–Crippen LogP) is 4.00. The molecule has 3 rings (SSSR count). The van der Waals surface area contributed by atoms with E-state index in [9.17, 15) is 0 Å². The van der Waals surface area contributed by atoms with Gasteiger partial charge in [0.05, 0.1) is 11.3 Å². The van der Waals surface area contributed by atoms with Gasteiger partial charge in [-0.05, 0) is 42.5 Å². The number of benzene rings is 1. The molecule has 0 fully saturated rings. The molecule has 3 N–H and O–H groups in total. The van der Waals surface area contributed by atoms with E-state index in [0.29, 0.717) is 5.82 Å². The van der Waals surface area contributed by atoms with Gasteiger partial charge in [-0.3, -0.25) is 5.10 Å². The second-order valence-electron chi connectivity index (χ2n) is 4.64. The molecule has 2 aromatic heterocycles. The van der Waals surface area contributed by atoms with Crippen LogP contribution in [-0.4, -0.2) is 10.2 Å². The van der Waals surface area contributed by atoms with E-state index in [2.05, 4.69) is 48.3 Å². The van der Waals surface area contributed by atoms with Crippen LogP contribution in [0.1, 0.15) is 11.1 Å². The molecule has 0 atom stereocenters. The zero-order valence-corrected chi connectivity index (χ0v) is 11.7. The zero-order chi connectivity index (χ0) is 13.4. The minimum absolute atomic E-state index is 0.552. The summed E-state index contributed by atoms with van der Waals surface area (Å²) in [5, 5.41) is 9.26. The monoisotopic (exact) mass is 269 g/mol. The van der Waals surface area contributed by atoms with Crippen molar-refractivity contribution in [1.82, 2.24) is 10.2 Å². The van der Waals surface area contributed by atoms with Gasteiger partial charge in [-0.15, -0.1) is 11.3 Å². The molecule has 0 spiro atoms. The van der Waals surface area contributed by atoms with Gasteiger partial charge >= 0.3 is 0 Å². The highest BCUT2D eigenvalue weighted by atomic mass is 32.1. The van der Waals surface area contributed by atoms with Gasteiger partial charge in [0, 0.05) is 10.4 Å². The summed E-state index contributed by atoms with van der Waals surface area (Å²) in [6, 6.07) is 10.5. The van der Waals surface area contributed by atoms with E-state index in [4.69, 9.17) is 5.73 Å². The highest BCUT2D eigenvalue weighted by Gasteiger charge is 2.15. The fraction of sp³-hybridized carbons (Fsp3) is 0.133. The van der Waals surface area contributed by atoms with Crippen molar-refractivity contribution in [2.45, 2.75) is 13.8 Å². The lowest BCUT2D eigenvalue weighted by molar-refractivity contribution is 1.10. The number of thiophene rings is 1. The van der Waals surface area contributed by atoms with Crippen LogP contribution < -0.4 is 5.73 Å². The fourth-order valence-corrected chi connectivity index (χ4v) is 2.92. The topological polar surface area (TPSA) is 54.7 Å². The molecule has 3 nitrogen and oxygen atoms in total. The summed E-state index contributed by atoms with van der Waals surface area (Å²) >= 11 is 1.67. The third kappa shape index (κ3) is 2.04. The number of nitrogens with zero attached hydrogens (tertiary/aromatic N) is 1. The van der Waals surface area contributed by atoms with Crippen LogP contribution in [0.4, 0.5) is 5.82 Å². The van der Waals surface area contributed by atoms with Crippen LogP contribution in [0.5, 0.6) is 0 Å². The largest absolute Gasteiger partial charge is 0.382 e. The van der Waals surface area contributed by atoms with E-state index in [1.54, 1.807) is 11.3 Å². The number of H-pyrrole nitrogens is 1. The Balaban J connectivity index is 2.18. The number of anilines is 1. The molecular weight excluding hydrogens is 254 g/mol. The van der Waals surface area contributed by atoms with Gasteiger partial charge in [-0.25, -0.2) is 0 Å². The van der Waals surface area contributed by atoms with Crippen molar-refractivity contribution < 1.29 is 0 Å². The molecule has 96 valence electrons. The fourth-order valence-electron chi connectivity index (χ4n) is 2.13. The van der Waals surface area contributed by atoms with Crippen LogP contribution in [-0.2, 0) is 0 Å². The standard InChI is InChI=1S/C15H15N3S/c1-9-5-6-11(8-10(9)2)14-13(15(16)18-17-14)12-4-3-7-19-12/h3-8H,1-2H3,(H3,16,17,18). The van der Waals surface area contributed by atoms with Gasteiger partial charge in [0.2, 0.25) is 0 Å². The molecule has 19 heavy (non-hydrogen) atoms. The van der Waals surface area contributed by atoms with Crippen LogP contribution in [0, 0.1) is 13.8 Å². The Morgan fingerprint density at radius 2 is 2.00 bits per heavy atom. The minimum Gasteiger partial charge on any atom is -0.382 e. The number of nitrogen functional groups attached to an aromatic ring is 1. The maximum Gasteiger partial charge on any atom is 0.154 e. The zero-order valence-electron chi connectivity index (χ0n) is 10.9. The molecule has 0 aliphatic heterocycles. The quantitative estimate of drug-likeness (QED) is 0.738. The minimum atomic E-state index is 0.552. The summed E-state index contributed by atoms with van der Waals surface area (Å²) < 4.78 is 0. The Hall–Kier alpha value is -2.07. The van der Waals surface area contributed by atoms with Crippen LogP contribution in [0.25, 0.3) is 21.7 Å². The number of aromatic nitrogens is 2. The number of aromatic amines is 1. The van der Waals surface area contributed by atoms with Crippen LogP contribution in [0.15, 0.2) is 35.7 Å². The molecule has 0 aliphatic rings. The normalized spacial score (nSPS) is 10.8. The first-order chi connectivity index (χ1) is 9.16. The molecule has 0 saturated carbocycles. The van der Waals surface area contributed by atoms with Crippen molar-refractivity contribution in [3.05, 3.63) is 46.8 Å². The molecule has 0 aliphatic carbocycles. The third-order valence-electron chi connectivity index (χ3n) is 3.36. The summed E-state index contributed by atoms with van der Waals surface area (Å²) in [5.41, 5.74) is 11.7. The van der Waals surface area contributed by atoms with Gasteiger partial charge in [-0.2, -0.15) is 5.10 Å². The molecule has 2 heterocycles. The molecule has 0 unspecified atom stereocenters. The summed E-state index contributed by atoms with van der Waals surface area (Å²) in [5.74, 6) is 0.552. The number of rotatable bonds is 2. The highest BCUT2D eigenvalue weighted by molar-refractivity contribution is 7.13. The molecule has 1 aromatic carbocycles. The second-order valence-corrected chi connectivity index (χ2v) is 5.58. The summed E-state index contributed by atoms with van der Waals surface area (Å²) in [6.07, 6.45) is 0. The third-order valence-corrected chi connectivity index (χ3v) is 4.24. The van der Waals surface area contributed by atoms with Gasteiger partial charge in [-0.1, -0.05) is 18.2 Å². The van der Waals surface area contributed by atoms with Gasteiger partial charge < -0.3 is 5.73 Å². The van der Waals surface area contributed by atoms with Gasteiger partial charge in [0.15, 0.2) is 5.82 Å². The van der Waals surface area contributed by atoms with E-state index >= 15 is 0 Å². The molecule has 0 saturated heterocycles. The lowest BCUT2D eigenvalue weighted by Gasteiger charge is -2.05. The van der Waals surface area contributed by atoms with Crippen molar-refractivity contribution in [3.8, 4) is 21.7 Å². The van der Waals surface area contributed by atoms with Crippen LogP contribution in [0.2, 0.25) is 0 Å². The van der Waals surface area contributed by atoms with Crippen molar-refractivity contribution in [2.75, 3.05) is 5.73 Å². The lowest BCUT2D eigenvalue weighted by atomic mass is 10.0. The molecule has 3 aromatic rings. The number of nitrogens with one attached hydrogen (secondary N) is 1. The number of nitrogens with two attached hydrogens (primary N) is 1. The first kappa shape index (κ1) is 12.0. The summed E-state index contributed by atoms with van der Waals surface area (Å²) in [4.78, 5) is 1.14. The van der Waals surface area contributed by atoms with Crippen LogP contribution in [0.3, 0.4) is 0 Å². The Bertz CT molecular complexity index is 711. The predicted molar refractivity (Wildman–Crippen MR) is 81.2 cm³/mol. The second kappa shape index (κ2) is 4.55. The van der Waals surface area contributed by atoms with E-state index in [0.717, 1.165) is 21.7 Å². The van der Waals surface area contributed by atoms with E-state index in [1.807, 2.05) is 11.4 Å². The average Bonchev–Trinajstić information content (AvgIpc) is 3.01. The Morgan fingerprint density at radius 3 is 2.68 bits per heavy atom. The Labute approximate surface area is 116 Å². The molecule has 0 amide bonds. The van der Waals surface area contributed by atoms with Crippen molar-refractivity contribution in [1.29, 1.82) is 0 Å². The first-order valence-corrected chi connectivity index (χ1v) is 7.00. The lowest BCUT2D eigenvalue weighted by Crippen LogP contribution is -1.88. The van der Waals surface area contributed by atoms with E-state index in [1.165, 1.54) is 11.1 Å². The maximum atomic E-state index is 6.00. The Morgan fingerprint density at radius 1 is 1.16 bits per heavy atom. The SMILES string of the molecule is Cc1ccc(-c2[nH]nc(N)c2-c2cccs2)cc1C. The summed E-state index contributed by atoms with van der Waals surface area (Å²) in [7, 11) is 0. The average molecular weight is 269 g/mol. The van der Waals surface area contributed by atoms with Crippen molar-refractivity contribution in [2.24, 2.45) is 0 Å². The highest BCUT2D eigenvalue weighted by Crippen LogP contribution is 2.37. The maximum absolute atomic E-state index is 6.00. The number of aryl methyl sites for hydroxylation is 2. The van der Waals surface area contributed by atoms with Crippen molar-refractivity contribution >= 4 is 17.2 Å². The van der Waals surface area contributed by atoms with Crippen LogP contribution >= 0.6 is 11.3 Å². The Kier molecular flexibility index (Phi) is 2.87. The number of hydrogen-bond acceptors (Lipinski definition) is 3.